The zero-order valence-corrected chi connectivity index (χ0v) is 13.5. The monoisotopic (exact) mass is 315 g/mol. The topological polar surface area (TPSA) is 87.7 Å². The summed E-state index contributed by atoms with van der Waals surface area (Å²) in [7, 11) is 1.39. The third-order valence-electron chi connectivity index (χ3n) is 2.62. The molecular formula is C13H21N3O4S. The smallest absolute Gasteiger partial charge is 0.244 e. The molecule has 0 saturated carbocycles. The van der Waals surface area contributed by atoms with Crippen LogP contribution in [0.3, 0.4) is 0 Å². The van der Waals surface area contributed by atoms with Crippen LogP contribution in [0, 0.1) is 0 Å². The van der Waals surface area contributed by atoms with Crippen molar-refractivity contribution in [1.82, 2.24) is 9.62 Å². The number of sulfonamides is 1. The van der Waals surface area contributed by atoms with E-state index < -0.39 is 10.0 Å². The Morgan fingerprint density at radius 1 is 1.33 bits per heavy atom. The average molecular weight is 315 g/mol. The van der Waals surface area contributed by atoms with Crippen LogP contribution in [0.2, 0.25) is 0 Å². The van der Waals surface area contributed by atoms with Crippen LogP contribution in [-0.4, -0.2) is 53.5 Å². The molecule has 1 amide bonds. The van der Waals surface area contributed by atoms with E-state index in [-0.39, 0.29) is 23.1 Å². The summed E-state index contributed by atoms with van der Waals surface area (Å²) in [5, 5.41) is 2.55. The Bertz CT molecular complexity index is 599. The van der Waals surface area contributed by atoms with E-state index in [1.54, 1.807) is 6.07 Å². The van der Waals surface area contributed by atoms with Crippen molar-refractivity contribution in [3.63, 3.8) is 0 Å². The van der Waals surface area contributed by atoms with Crippen LogP contribution in [-0.2, 0) is 14.8 Å². The molecule has 118 valence electrons. The third-order valence-corrected chi connectivity index (χ3v) is 4.11. The fraction of sp³-hybridized carbons (Fsp3) is 0.462. The van der Waals surface area contributed by atoms with E-state index in [9.17, 15) is 13.2 Å². The molecule has 7 nitrogen and oxygen atoms in total. The van der Waals surface area contributed by atoms with Gasteiger partial charge in [0.25, 0.3) is 0 Å². The normalized spacial score (nSPS) is 11.5. The maximum absolute atomic E-state index is 12.3. The van der Waals surface area contributed by atoms with Crippen molar-refractivity contribution in [3.05, 3.63) is 18.2 Å². The minimum Gasteiger partial charge on any atom is -0.495 e. The molecular weight excluding hydrogens is 294 g/mol. The summed E-state index contributed by atoms with van der Waals surface area (Å²) in [5.41, 5.74) is 0.399. The molecule has 0 aliphatic heterocycles. The van der Waals surface area contributed by atoms with Crippen molar-refractivity contribution in [3.8, 4) is 5.75 Å². The predicted octanol–water partition coefficient (Wildman–Crippen LogP) is 0.493. The molecule has 0 spiro atoms. The molecule has 0 fully saturated rings. The maximum Gasteiger partial charge on any atom is 0.244 e. The molecule has 8 heteroatoms. The van der Waals surface area contributed by atoms with Gasteiger partial charge in [0.05, 0.1) is 7.11 Å². The molecule has 0 heterocycles. The van der Waals surface area contributed by atoms with Gasteiger partial charge in [0.15, 0.2) is 0 Å². The van der Waals surface area contributed by atoms with Gasteiger partial charge in [0.2, 0.25) is 15.9 Å². The quantitative estimate of drug-likeness (QED) is 0.765. The number of carbonyl (C=O) groups is 1. The van der Waals surface area contributed by atoms with Gasteiger partial charge in [-0.25, -0.2) is 13.1 Å². The van der Waals surface area contributed by atoms with Crippen LogP contribution in [0.5, 0.6) is 5.75 Å². The first-order chi connectivity index (χ1) is 9.76. The highest BCUT2D eigenvalue weighted by atomic mass is 32.2. The number of hydrogen-bond acceptors (Lipinski definition) is 5. The van der Waals surface area contributed by atoms with Crippen LogP contribution >= 0.6 is 0 Å². The largest absolute Gasteiger partial charge is 0.495 e. The van der Waals surface area contributed by atoms with Crippen LogP contribution in [0.25, 0.3) is 0 Å². The number of ether oxygens (including phenoxy) is 1. The molecule has 0 aromatic heterocycles. The number of likely N-dealkylation sites (N-methyl/N-ethyl adjacent to an activating group) is 1. The van der Waals surface area contributed by atoms with Crippen LogP contribution < -0.4 is 14.8 Å². The van der Waals surface area contributed by atoms with Gasteiger partial charge in [0, 0.05) is 25.7 Å². The SMILES string of the molecule is COc1ccc(NC(C)=O)cc1S(=O)(=O)NCCN(C)C. The lowest BCUT2D eigenvalue weighted by Gasteiger charge is -2.14. The van der Waals surface area contributed by atoms with E-state index in [2.05, 4.69) is 10.0 Å². The van der Waals surface area contributed by atoms with E-state index in [1.807, 2.05) is 19.0 Å². The molecule has 0 aliphatic rings. The Labute approximate surface area is 125 Å². The molecule has 1 aromatic carbocycles. The molecule has 0 bridgehead atoms. The van der Waals surface area contributed by atoms with E-state index >= 15 is 0 Å². The summed E-state index contributed by atoms with van der Waals surface area (Å²) in [6.07, 6.45) is 0. The number of amides is 1. The molecule has 0 atom stereocenters. The second-order valence-electron chi connectivity index (χ2n) is 4.75. The number of hydrogen-bond donors (Lipinski definition) is 2. The second-order valence-corrected chi connectivity index (χ2v) is 6.48. The molecule has 2 N–H and O–H groups in total. The first kappa shape index (κ1) is 17.4. The van der Waals surface area contributed by atoms with Crippen LogP contribution in [0.4, 0.5) is 5.69 Å². The van der Waals surface area contributed by atoms with Gasteiger partial charge in [-0.1, -0.05) is 0 Å². The van der Waals surface area contributed by atoms with Crippen molar-refractivity contribution >= 4 is 21.6 Å². The lowest BCUT2D eigenvalue weighted by atomic mass is 10.3. The van der Waals surface area contributed by atoms with Gasteiger partial charge >= 0.3 is 0 Å². The molecule has 21 heavy (non-hydrogen) atoms. The van der Waals surface area contributed by atoms with Crippen LogP contribution in [0.1, 0.15) is 6.92 Å². The maximum atomic E-state index is 12.3. The lowest BCUT2D eigenvalue weighted by Crippen LogP contribution is -2.31. The summed E-state index contributed by atoms with van der Waals surface area (Å²) < 4.78 is 32.2. The van der Waals surface area contributed by atoms with Crippen molar-refractivity contribution in [1.29, 1.82) is 0 Å². The fourth-order valence-electron chi connectivity index (χ4n) is 1.65. The number of methoxy groups -OCH3 is 1. The highest BCUT2D eigenvalue weighted by Gasteiger charge is 2.20. The number of benzene rings is 1. The highest BCUT2D eigenvalue weighted by molar-refractivity contribution is 7.89. The van der Waals surface area contributed by atoms with Crippen molar-refractivity contribution in [2.75, 3.05) is 39.6 Å². The minimum absolute atomic E-state index is 0.00462. The van der Waals surface area contributed by atoms with E-state index in [0.29, 0.717) is 12.2 Å². The molecule has 1 aromatic rings. The summed E-state index contributed by atoms with van der Waals surface area (Å²) in [6.45, 7) is 2.21. The molecule has 1 rings (SSSR count). The van der Waals surface area contributed by atoms with Gasteiger partial charge in [-0.2, -0.15) is 0 Å². The summed E-state index contributed by atoms with van der Waals surface area (Å²) in [5.74, 6) is -0.0504. The first-order valence-corrected chi connectivity index (χ1v) is 7.84. The highest BCUT2D eigenvalue weighted by Crippen LogP contribution is 2.26. The van der Waals surface area contributed by atoms with Gasteiger partial charge in [-0.05, 0) is 32.3 Å². The van der Waals surface area contributed by atoms with Gasteiger partial charge in [0.1, 0.15) is 10.6 Å². The number of nitrogens with one attached hydrogen (secondary N) is 2. The Morgan fingerprint density at radius 2 is 2.00 bits per heavy atom. The second kappa shape index (κ2) is 7.39. The number of nitrogens with zero attached hydrogens (tertiary/aromatic N) is 1. The van der Waals surface area contributed by atoms with Gasteiger partial charge < -0.3 is 15.0 Å². The Balaban J connectivity index is 3.04. The number of anilines is 1. The Morgan fingerprint density at radius 3 is 2.52 bits per heavy atom. The number of rotatable bonds is 7. The zero-order chi connectivity index (χ0) is 16.0. The van der Waals surface area contributed by atoms with Crippen molar-refractivity contribution in [2.24, 2.45) is 0 Å². The van der Waals surface area contributed by atoms with E-state index in [1.165, 1.54) is 26.2 Å². The predicted molar refractivity (Wildman–Crippen MR) is 81.0 cm³/mol. The summed E-state index contributed by atoms with van der Waals surface area (Å²) >= 11 is 0. The van der Waals surface area contributed by atoms with Crippen molar-refractivity contribution < 1.29 is 17.9 Å². The zero-order valence-electron chi connectivity index (χ0n) is 12.6. The van der Waals surface area contributed by atoms with E-state index in [4.69, 9.17) is 4.74 Å². The first-order valence-electron chi connectivity index (χ1n) is 6.36. The molecule has 0 unspecified atom stereocenters. The molecule has 0 radical (unpaired) electrons. The Hall–Kier alpha value is -1.64. The van der Waals surface area contributed by atoms with Crippen molar-refractivity contribution in [2.45, 2.75) is 11.8 Å². The standard InChI is InChI=1S/C13H21N3O4S/c1-10(17)15-11-5-6-12(20-4)13(9-11)21(18,19)14-7-8-16(2)3/h5-6,9,14H,7-8H2,1-4H3,(H,15,17). The summed E-state index contributed by atoms with van der Waals surface area (Å²) in [6, 6.07) is 4.46. The fourth-order valence-corrected chi connectivity index (χ4v) is 2.86. The van der Waals surface area contributed by atoms with E-state index in [0.717, 1.165) is 0 Å². The Kier molecular flexibility index (Phi) is 6.13. The number of carbonyl (C=O) groups excluding carboxylic acids is 1. The molecule has 0 saturated heterocycles. The average Bonchev–Trinajstić information content (AvgIpc) is 2.37. The van der Waals surface area contributed by atoms with Gasteiger partial charge in [-0.3, -0.25) is 4.79 Å². The van der Waals surface area contributed by atoms with Gasteiger partial charge in [-0.15, -0.1) is 0 Å². The molecule has 0 aliphatic carbocycles. The minimum atomic E-state index is -3.71. The third kappa shape index (κ3) is 5.33. The lowest BCUT2D eigenvalue weighted by molar-refractivity contribution is -0.114. The van der Waals surface area contributed by atoms with Crippen LogP contribution in [0.15, 0.2) is 23.1 Å². The summed E-state index contributed by atoms with van der Waals surface area (Å²) in [4.78, 5) is 12.9.